The summed E-state index contributed by atoms with van der Waals surface area (Å²) in [5, 5.41) is 8.67. The third-order valence-corrected chi connectivity index (χ3v) is 3.60. The van der Waals surface area contributed by atoms with Crippen LogP contribution in [0.1, 0.15) is 12.8 Å². The minimum atomic E-state index is -0.945. The van der Waals surface area contributed by atoms with Gasteiger partial charge in [0, 0.05) is 26.3 Å². The third kappa shape index (κ3) is 3.68. The summed E-state index contributed by atoms with van der Waals surface area (Å²) in [6, 6.07) is 0. The van der Waals surface area contributed by atoms with Gasteiger partial charge >= 0.3 is 5.97 Å². The van der Waals surface area contributed by atoms with Crippen LogP contribution in [0, 0.1) is 5.92 Å². The molecule has 0 unspecified atom stereocenters. The van der Waals surface area contributed by atoms with Gasteiger partial charge in [0.05, 0.1) is 6.54 Å². The topological polar surface area (TPSA) is 70.1 Å². The molecule has 0 radical (unpaired) electrons. The average Bonchev–Trinajstić information content (AvgIpc) is 2.82. The van der Waals surface area contributed by atoms with Crippen LogP contribution in [0.25, 0.3) is 0 Å². The van der Waals surface area contributed by atoms with Crippen LogP contribution in [-0.4, -0.2) is 72.7 Å². The van der Waals surface area contributed by atoms with Crippen LogP contribution in [0.3, 0.4) is 0 Å². The van der Waals surface area contributed by atoms with E-state index in [-0.39, 0.29) is 12.5 Å². The highest BCUT2D eigenvalue weighted by Gasteiger charge is 2.26. The number of aliphatic carboxylic acids is 1. The Labute approximate surface area is 106 Å². The van der Waals surface area contributed by atoms with Crippen molar-refractivity contribution in [3.05, 3.63) is 0 Å². The molecule has 0 spiro atoms. The molecule has 102 valence electrons. The molecule has 1 N–H and O–H groups in total. The summed E-state index contributed by atoms with van der Waals surface area (Å²) < 4.78 is 5.32. The van der Waals surface area contributed by atoms with Crippen LogP contribution in [0.15, 0.2) is 0 Å². The minimum Gasteiger partial charge on any atom is -0.480 e. The normalized spacial score (nSPS) is 25.7. The van der Waals surface area contributed by atoms with Gasteiger partial charge in [-0.25, -0.2) is 0 Å². The molecule has 0 saturated carbocycles. The van der Waals surface area contributed by atoms with Crippen molar-refractivity contribution in [1.29, 1.82) is 0 Å². The fraction of sp³-hybridized carbons (Fsp3) is 0.833. The lowest BCUT2D eigenvalue weighted by atomic mass is 10.0. The number of carboxylic acids is 1. The molecule has 2 aliphatic heterocycles. The number of rotatable bonds is 5. The number of carbonyl (C=O) groups is 2. The highest BCUT2D eigenvalue weighted by atomic mass is 16.5. The Bertz CT molecular complexity index is 315. The van der Waals surface area contributed by atoms with E-state index in [9.17, 15) is 9.59 Å². The molecule has 0 bridgehead atoms. The number of ether oxygens (including phenoxy) is 1. The van der Waals surface area contributed by atoms with E-state index in [1.165, 1.54) is 4.90 Å². The Morgan fingerprint density at radius 3 is 2.89 bits per heavy atom. The molecule has 2 saturated heterocycles. The fourth-order valence-electron chi connectivity index (χ4n) is 2.45. The number of carbonyl (C=O) groups excluding carboxylic acids is 1. The molecule has 2 rings (SSSR count). The van der Waals surface area contributed by atoms with Crippen molar-refractivity contribution in [1.82, 2.24) is 9.80 Å². The Morgan fingerprint density at radius 2 is 2.28 bits per heavy atom. The van der Waals surface area contributed by atoms with E-state index in [4.69, 9.17) is 9.84 Å². The molecule has 1 atom stereocenters. The molecule has 1 amide bonds. The van der Waals surface area contributed by atoms with E-state index in [0.29, 0.717) is 19.0 Å². The van der Waals surface area contributed by atoms with Crippen molar-refractivity contribution in [3.8, 4) is 0 Å². The standard InChI is InChI=1S/C12H20N2O4/c15-11-7-13(3-1-10-2-6-18-9-10)4-5-14(11)8-12(16)17/h10H,1-9H2,(H,16,17)/t10-/m0/s1. The van der Waals surface area contributed by atoms with Crippen molar-refractivity contribution in [2.45, 2.75) is 12.8 Å². The van der Waals surface area contributed by atoms with E-state index in [1.807, 2.05) is 0 Å². The maximum Gasteiger partial charge on any atom is 0.323 e. The summed E-state index contributed by atoms with van der Waals surface area (Å²) in [6.45, 7) is 4.06. The van der Waals surface area contributed by atoms with E-state index in [2.05, 4.69) is 4.90 Å². The van der Waals surface area contributed by atoms with Crippen molar-refractivity contribution in [2.75, 3.05) is 45.9 Å². The van der Waals surface area contributed by atoms with E-state index >= 15 is 0 Å². The zero-order valence-electron chi connectivity index (χ0n) is 10.5. The zero-order valence-corrected chi connectivity index (χ0v) is 10.5. The van der Waals surface area contributed by atoms with Crippen LogP contribution in [-0.2, 0) is 14.3 Å². The van der Waals surface area contributed by atoms with E-state index in [0.717, 1.165) is 39.1 Å². The first-order valence-corrected chi connectivity index (χ1v) is 6.45. The van der Waals surface area contributed by atoms with Gasteiger partial charge in [-0.1, -0.05) is 0 Å². The van der Waals surface area contributed by atoms with E-state index in [1.54, 1.807) is 0 Å². The highest BCUT2D eigenvalue weighted by molar-refractivity contribution is 5.83. The summed E-state index contributed by atoms with van der Waals surface area (Å²) in [7, 11) is 0. The zero-order chi connectivity index (χ0) is 13.0. The quantitative estimate of drug-likeness (QED) is 0.727. The first-order valence-electron chi connectivity index (χ1n) is 6.45. The van der Waals surface area contributed by atoms with Crippen molar-refractivity contribution in [3.63, 3.8) is 0 Å². The highest BCUT2D eigenvalue weighted by Crippen LogP contribution is 2.17. The Morgan fingerprint density at radius 1 is 1.44 bits per heavy atom. The summed E-state index contributed by atoms with van der Waals surface area (Å²) in [5.74, 6) is -0.400. The molecule has 0 aromatic carbocycles. The molecular formula is C12H20N2O4. The molecule has 2 fully saturated rings. The van der Waals surface area contributed by atoms with Crippen LogP contribution in [0.2, 0.25) is 0 Å². The molecule has 6 heteroatoms. The minimum absolute atomic E-state index is 0.0775. The van der Waals surface area contributed by atoms with E-state index < -0.39 is 5.97 Å². The molecule has 2 aliphatic rings. The van der Waals surface area contributed by atoms with Crippen LogP contribution in [0.5, 0.6) is 0 Å². The van der Waals surface area contributed by atoms with Gasteiger partial charge in [-0.3, -0.25) is 14.5 Å². The van der Waals surface area contributed by atoms with Gasteiger partial charge in [0.2, 0.25) is 5.91 Å². The maximum atomic E-state index is 11.7. The largest absolute Gasteiger partial charge is 0.480 e. The summed E-state index contributed by atoms with van der Waals surface area (Å²) in [5.41, 5.74) is 0. The molecular weight excluding hydrogens is 236 g/mol. The van der Waals surface area contributed by atoms with Crippen LogP contribution < -0.4 is 0 Å². The Balaban J connectivity index is 1.70. The van der Waals surface area contributed by atoms with Gasteiger partial charge in [0.15, 0.2) is 0 Å². The first kappa shape index (κ1) is 13.3. The molecule has 2 heterocycles. The molecule has 0 aromatic rings. The molecule has 0 aliphatic carbocycles. The lowest BCUT2D eigenvalue weighted by Gasteiger charge is -2.33. The summed E-state index contributed by atoms with van der Waals surface area (Å²) in [4.78, 5) is 25.8. The summed E-state index contributed by atoms with van der Waals surface area (Å²) >= 11 is 0. The second-order valence-electron chi connectivity index (χ2n) is 5.00. The SMILES string of the molecule is O=C(O)CN1CCN(CC[C@H]2CCOC2)CC1=O. The monoisotopic (exact) mass is 256 g/mol. The summed E-state index contributed by atoms with van der Waals surface area (Å²) in [6.07, 6.45) is 2.18. The third-order valence-electron chi connectivity index (χ3n) is 3.60. The second-order valence-corrected chi connectivity index (χ2v) is 5.00. The number of hydrogen-bond acceptors (Lipinski definition) is 4. The first-order chi connectivity index (χ1) is 8.65. The van der Waals surface area contributed by atoms with Gasteiger partial charge in [-0.2, -0.15) is 0 Å². The van der Waals surface area contributed by atoms with Crippen LogP contribution in [0.4, 0.5) is 0 Å². The van der Waals surface area contributed by atoms with Crippen molar-refractivity contribution in [2.24, 2.45) is 5.92 Å². The van der Waals surface area contributed by atoms with Gasteiger partial charge in [0.25, 0.3) is 0 Å². The number of carboxylic acid groups (broad SMARTS) is 1. The number of amides is 1. The van der Waals surface area contributed by atoms with Crippen molar-refractivity contribution < 1.29 is 19.4 Å². The number of nitrogens with zero attached hydrogens (tertiary/aromatic N) is 2. The maximum absolute atomic E-state index is 11.7. The predicted molar refractivity (Wildman–Crippen MR) is 64.2 cm³/mol. The smallest absolute Gasteiger partial charge is 0.323 e. The average molecular weight is 256 g/mol. The lowest BCUT2D eigenvalue weighted by Crippen LogP contribution is -2.52. The number of hydrogen-bond donors (Lipinski definition) is 1. The lowest BCUT2D eigenvalue weighted by molar-refractivity contribution is -0.147. The van der Waals surface area contributed by atoms with Crippen molar-refractivity contribution >= 4 is 11.9 Å². The fourth-order valence-corrected chi connectivity index (χ4v) is 2.45. The van der Waals surface area contributed by atoms with Gasteiger partial charge < -0.3 is 14.7 Å². The second kappa shape index (κ2) is 6.15. The number of piperazine rings is 1. The Kier molecular flexibility index (Phi) is 4.54. The molecule has 0 aromatic heterocycles. The van der Waals surface area contributed by atoms with Gasteiger partial charge in [0.1, 0.15) is 6.54 Å². The Hall–Kier alpha value is -1.14. The van der Waals surface area contributed by atoms with Gasteiger partial charge in [-0.15, -0.1) is 0 Å². The molecule has 18 heavy (non-hydrogen) atoms. The predicted octanol–water partition coefficient (Wildman–Crippen LogP) is -0.358. The van der Waals surface area contributed by atoms with Crippen LogP contribution >= 0.6 is 0 Å². The van der Waals surface area contributed by atoms with Gasteiger partial charge in [-0.05, 0) is 25.3 Å². The molecule has 6 nitrogen and oxygen atoms in total.